The molecule has 1 N–H and O–H groups in total. The minimum atomic E-state index is 0.670. The average Bonchev–Trinajstić information content (AvgIpc) is 2.46. The summed E-state index contributed by atoms with van der Waals surface area (Å²) in [6.45, 7) is 0. The summed E-state index contributed by atoms with van der Waals surface area (Å²) in [4.78, 5) is 2.06. The lowest BCUT2D eigenvalue weighted by Crippen LogP contribution is -2.09. The normalized spacial score (nSPS) is 9.61. The van der Waals surface area contributed by atoms with E-state index in [-0.39, 0.29) is 0 Å². The maximum absolute atomic E-state index is 8.92. The van der Waals surface area contributed by atoms with Crippen LogP contribution in [0.2, 0.25) is 0 Å². The van der Waals surface area contributed by atoms with Crippen LogP contribution in [0.1, 0.15) is 5.56 Å². The predicted molar refractivity (Wildman–Crippen MR) is 75.2 cm³/mol. The predicted octanol–water partition coefficient (Wildman–Crippen LogP) is 3.37. The van der Waals surface area contributed by atoms with Crippen LogP contribution in [-0.2, 0) is 0 Å². The first-order chi connectivity index (χ1) is 8.74. The maximum atomic E-state index is 8.92. The van der Waals surface area contributed by atoms with Crippen LogP contribution >= 0.6 is 0 Å². The smallest absolute Gasteiger partial charge is 0.0992 e. The average molecular weight is 237 g/mol. The van der Waals surface area contributed by atoms with E-state index in [1.165, 1.54) is 0 Å². The SMILES string of the molecule is CNc1cccc(N(C)c2cccc(C#N)c2)c1. The van der Waals surface area contributed by atoms with Crippen LogP contribution in [0.4, 0.5) is 17.1 Å². The Kier molecular flexibility index (Phi) is 3.49. The Morgan fingerprint density at radius 2 is 1.72 bits per heavy atom. The quantitative estimate of drug-likeness (QED) is 0.889. The molecule has 0 fully saturated rings. The summed E-state index contributed by atoms with van der Waals surface area (Å²) >= 11 is 0. The highest BCUT2D eigenvalue weighted by Gasteiger charge is 2.05. The van der Waals surface area contributed by atoms with E-state index in [2.05, 4.69) is 22.4 Å². The number of nitriles is 1. The zero-order chi connectivity index (χ0) is 13.0. The summed E-state index contributed by atoms with van der Waals surface area (Å²) in [6, 6.07) is 17.9. The van der Waals surface area contributed by atoms with Crippen molar-refractivity contribution in [3.8, 4) is 6.07 Å². The molecular weight excluding hydrogens is 222 g/mol. The molecular formula is C15H15N3. The van der Waals surface area contributed by atoms with Gasteiger partial charge in [0.2, 0.25) is 0 Å². The summed E-state index contributed by atoms with van der Waals surface area (Å²) in [7, 11) is 3.89. The molecule has 0 heterocycles. The van der Waals surface area contributed by atoms with Crippen molar-refractivity contribution in [2.75, 3.05) is 24.3 Å². The minimum Gasteiger partial charge on any atom is -0.388 e. The molecule has 0 saturated carbocycles. The van der Waals surface area contributed by atoms with Gasteiger partial charge in [-0.25, -0.2) is 0 Å². The van der Waals surface area contributed by atoms with Crippen molar-refractivity contribution in [1.82, 2.24) is 0 Å². The summed E-state index contributed by atoms with van der Waals surface area (Å²) in [5.74, 6) is 0. The molecule has 0 unspecified atom stereocenters. The van der Waals surface area contributed by atoms with Crippen molar-refractivity contribution in [1.29, 1.82) is 5.26 Å². The van der Waals surface area contributed by atoms with Crippen LogP contribution in [0.25, 0.3) is 0 Å². The van der Waals surface area contributed by atoms with Gasteiger partial charge < -0.3 is 10.2 Å². The fourth-order valence-corrected chi connectivity index (χ4v) is 1.80. The van der Waals surface area contributed by atoms with Gasteiger partial charge in [-0.05, 0) is 36.4 Å². The highest BCUT2D eigenvalue weighted by molar-refractivity contribution is 5.67. The Hall–Kier alpha value is -2.47. The molecule has 0 saturated heterocycles. The van der Waals surface area contributed by atoms with Gasteiger partial charge in [-0.1, -0.05) is 12.1 Å². The van der Waals surface area contributed by atoms with Gasteiger partial charge in [0.25, 0.3) is 0 Å². The van der Waals surface area contributed by atoms with E-state index in [1.807, 2.05) is 50.5 Å². The largest absolute Gasteiger partial charge is 0.388 e. The topological polar surface area (TPSA) is 39.1 Å². The molecule has 2 rings (SSSR count). The molecule has 0 aliphatic rings. The third-order valence-corrected chi connectivity index (χ3v) is 2.88. The van der Waals surface area contributed by atoms with Gasteiger partial charge in [-0.3, -0.25) is 0 Å². The molecule has 18 heavy (non-hydrogen) atoms. The second kappa shape index (κ2) is 5.24. The Labute approximate surface area is 107 Å². The van der Waals surface area contributed by atoms with Gasteiger partial charge in [-0.15, -0.1) is 0 Å². The number of anilines is 3. The molecule has 0 atom stereocenters. The van der Waals surface area contributed by atoms with Crippen molar-refractivity contribution >= 4 is 17.1 Å². The van der Waals surface area contributed by atoms with E-state index in [0.717, 1.165) is 17.1 Å². The van der Waals surface area contributed by atoms with E-state index in [9.17, 15) is 0 Å². The van der Waals surface area contributed by atoms with Crippen molar-refractivity contribution in [3.63, 3.8) is 0 Å². The molecule has 0 aliphatic heterocycles. The van der Waals surface area contributed by atoms with Gasteiger partial charge in [0.05, 0.1) is 11.6 Å². The number of rotatable bonds is 3. The van der Waals surface area contributed by atoms with E-state index in [1.54, 1.807) is 6.07 Å². The molecule has 0 aliphatic carbocycles. The van der Waals surface area contributed by atoms with Crippen LogP contribution in [0.3, 0.4) is 0 Å². The number of nitrogens with one attached hydrogen (secondary N) is 1. The van der Waals surface area contributed by atoms with E-state index in [0.29, 0.717) is 5.56 Å². The van der Waals surface area contributed by atoms with Crippen molar-refractivity contribution in [3.05, 3.63) is 54.1 Å². The number of nitrogens with zero attached hydrogens (tertiary/aromatic N) is 2. The molecule has 0 spiro atoms. The molecule has 3 nitrogen and oxygen atoms in total. The first-order valence-corrected chi connectivity index (χ1v) is 5.76. The Morgan fingerprint density at radius 1 is 1.06 bits per heavy atom. The Morgan fingerprint density at radius 3 is 2.39 bits per heavy atom. The fourth-order valence-electron chi connectivity index (χ4n) is 1.80. The molecule has 90 valence electrons. The first-order valence-electron chi connectivity index (χ1n) is 5.76. The second-order valence-electron chi connectivity index (χ2n) is 4.02. The van der Waals surface area contributed by atoms with Crippen molar-refractivity contribution in [2.24, 2.45) is 0 Å². The summed E-state index contributed by atoms with van der Waals surface area (Å²) in [5, 5.41) is 12.0. The van der Waals surface area contributed by atoms with Crippen LogP contribution in [0.15, 0.2) is 48.5 Å². The van der Waals surface area contributed by atoms with Gasteiger partial charge >= 0.3 is 0 Å². The van der Waals surface area contributed by atoms with Crippen LogP contribution in [-0.4, -0.2) is 14.1 Å². The Bertz CT molecular complexity index is 584. The lowest BCUT2D eigenvalue weighted by molar-refractivity contribution is 1.21. The molecule has 0 aromatic heterocycles. The van der Waals surface area contributed by atoms with Crippen molar-refractivity contribution < 1.29 is 0 Å². The maximum Gasteiger partial charge on any atom is 0.0992 e. The molecule has 0 radical (unpaired) electrons. The molecule has 3 heteroatoms. The van der Waals surface area contributed by atoms with Crippen LogP contribution in [0, 0.1) is 11.3 Å². The zero-order valence-corrected chi connectivity index (χ0v) is 10.5. The first kappa shape index (κ1) is 12.0. The van der Waals surface area contributed by atoms with Crippen molar-refractivity contribution in [2.45, 2.75) is 0 Å². The summed E-state index contributed by atoms with van der Waals surface area (Å²) < 4.78 is 0. The van der Waals surface area contributed by atoms with Crippen LogP contribution < -0.4 is 10.2 Å². The lowest BCUT2D eigenvalue weighted by atomic mass is 10.2. The summed E-state index contributed by atoms with van der Waals surface area (Å²) in [5.41, 5.74) is 3.82. The highest BCUT2D eigenvalue weighted by Crippen LogP contribution is 2.26. The zero-order valence-electron chi connectivity index (χ0n) is 10.5. The second-order valence-corrected chi connectivity index (χ2v) is 4.02. The number of hydrogen-bond acceptors (Lipinski definition) is 3. The van der Waals surface area contributed by atoms with Crippen LogP contribution in [0.5, 0.6) is 0 Å². The molecule has 2 aromatic rings. The molecule has 2 aromatic carbocycles. The van der Waals surface area contributed by atoms with E-state index < -0.39 is 0 Å². The monoisotopic (exact) mass is 237 g/mol. The van der Waals surface area contributed by atoms with Gasteiger partial charge in [0.1, 0.15) is 0 Å². The molecule has 0 amide bonds. The fraction of sp³-hybridized carbons (Fsp3) is 0.133. The minimum absolute atomic E-state index is 0.670. The highest BCUT2D eigenvalue weighted by atomic mass is 15.1. The van der Waals surface area contributed by atoms with E-state index in [4.69, 9.17) is 5.26 Å². The third kappa shape index (κ3) is 2.44. The Balaban J connectivity index is 2.35. The van der Waals surface area contributed by atoms with Gasteiger partial charge in [0.15, 0.2) is 0 Å². The molecule has 0 bridgehead atoms. The summed E-state index contributed by atoms with van der Waals surface area (Å²) in [6.07, 6.45) is 0. The van der Waals surface area contributed by atoms with Gasteiger partial charge in [0, 0.05) is 31.2 Å². The van der Waals surface area contributed by atoms with E-state index >= 15 is 0 Å². The number of benzene rings is 2. The lowest BCUT2D eigenvalue weighted by Gasteiger charge is -2.20. The van der Waals surface area contributed by atoms with Gasteiger partial charge in [-0.2, -0.15) is 5.26 Å². The third-order valence-electron chi connectivity index (χ3n) is 2.88. The standard InChI is InChI=1S/C15H15N3/c1-17-13-6-4-8-15(10-13)18(2)14-7-3-5-12(9-14)11-16/h3-10,17H,1-2H3. The number of hydrogen-bond donors (Lipinski definition) is 1.